The van der Waals surface area contributed by atoms with Crippen molar-refractivity contribution in [3.63, 3.8) is 0 Å². The third-order valence-corrected chi connectivity index (χ3v) is 5.21. The van der Waals surface area contributed by atoms with Gasteiger partial charge in [-0.15, -0.1) is 0 Å². The maximum atomic E-state index is 12.2. The van der Waals surface area contributed by atoms with E-state index < -0.39 is 0 Å². The maximum absolute atomic E-state index is 12.2. The molecule has 0 heterocycles. The quantitative estimate of drug-likeness (QED) is 0.234. The van der Waals surface area contributed by atoms with Crippen molar-refractivity contribution in [2.45, 2.75) is 97.8 Å². The van der Waals surface area contributed by atoms with Gasteiger partial charge in [0.05, 0.1) is 13.2 Å². The second-order valence-corrected chi connectivity index (χ2v) is 7.85. The number of ether oxygens (including phenoxy) is 2. The summed E-state index contributed by atoms with van der Waals surface area (Å²) in [6.07, 6.45) is 6.79. The molecular weight excluding hydrogens is 384 g/mol. The zero-order chi connectivity index (χ0) is 22.6. The molecule has 0 bridgehead atoms. The smallest absolute Gasteiger partial charge is 0.136 e. The van der Waals surface area contributed by atoms with Crippen LogP contribution in [-0.2, 0) is 28.7 Å². The van der Waals surface area contributed by atoms with E-state index in [1.54, 1.807) is 6.92 Å². The molecule has 0 aromatic rings. The van der Waals surface area contributed by atoms with Crippen LogP contribution in [0.25, 0.3) is 0 Å². The molecule has 0 amide bonds. The van der Waals surface area contributed by atoms with Gasteiger partial charge in [0.2, 0.25) is 0 Å². The highest BCUT2D eigenvalue weighted by molar-refractivity contribution is 5.90. The standard InChI is InChI=1S/C24H42O6/c1-4-21(25)11-12-22(26)13-14-23(27)15-16-24(28)20(3)10-8-6-7-9-17-30-19-18-29-5-2/h20H,4-19H2,1-3H3. The Hall–Kier alpha value is -1.40. The summed E-state index contributed by atoms with van der Waals surface area (Å²) >= 11 is 0. The van der Waals surface area contributed by atoms with Crippen molar-refractivity contribution < 1.29 is 28.7 Å². The second kappa shape index (κ2) is 19.6. The van der Waals surface area contributed by atoms with E-state index in [1.807, 2.05) is 13.8 Å². The van der Waals surface area contributed by atoms with Crippen LogP contribution in [0.4, 0.5) is 0 Å². The Balaban J connectivity index is 3.67. The van der Waals surface area contributed by atoms with Crippen molar-refractivity contribution in [3.05, 3.63) is 0 Å². The average molecular weight is 427 g/mol. The van der Waals surface area contributed by atoms with E-state index in [0.717, 1.165) is 45.3 Å². The molecule has 0 radical (unpaired) electrons. The monoisotopic (exact) mass is 426 g/mol. The minimum Gasteiger partial charge on any atom is -0.379 e. The molecule has 0 saturated carbocycles. The van der Waals surface area contributed by atoms with Gasteiger partial charge in [0.25, 0.3) is 0 Å². The number of carbonyl (C=O) groups is 4. The van der Waals surface area contributed by atoms with Crippen LogP contribution in [-0.4, -0.2) is 49.6 Å². The van der Waals surface area contributed by atoms with Crippen molar-refractivity contribution in [3.8, 4) is 0 Å². The molecule has 30 heavy (non-hydrogen) atoms. The predicted octanol–water partition coefficient (Wildman–Crippen LogP) is 4.65. The molecule has 174 valence electrons. The first-order chi connectivity index (χ1) is 14.4. The second-order valence-electron chi connectivity index (χ2n) is 7.85. The third-order valence-electron chi connectivity index (χ3n) is 5.21. The Morgan fingerprint density at radius 2 is 1.17 bits per heavy atom. The highest BCUT2D eigenvalue weighted by Crippen LogP contribution is 2.15. The van der Waals surface area contributed by atoms with Gasteiger partial charge in [0, 0.05) is 64.1 Å². The molecule has 0 rings (SSSR count). The highest BCUT2D eigenvalue weighted by atomic mass is 16.5. The van der Waals surface area contributed by atoms with Crippen molar-refractivity contribution >= 4 is 23.1 Å². The minimum atomic E-state index is -0.0514. The molecule has 0 saturated heterocycles. The summed E-state index contributed by atoms with van der Waals surface area (Å²) in [7, 11) is 0. The number of ketones is 4. The number of rotatable bonds is 22. The fraction of sp³-hybridized carbons (Fsp3) is 0.833. The molecule has 1 atom stereocenters. The van der Waals surface area contributed by atoms with Gasteiger partial charge in [-0.25, -0.2) is 0 Å². The molecule has 0 aliphatic carbocycles. The number of hydrogen-bond donors (Lipinski definition) is 0. The van der Waals surface area contributed by atoms with Crippen LogP contribution in [0.15, 0.2) is 0 Å². The topological polar surface area (TPSA) is 86.7 Å². The van der Waals surface area contributed by atoms with Gasteiger partial charge in [0.15, 0.2) is 0 Å². The van der Waals surface area contributed by atoms with Gasteiger partial charge in [-0.2, -0.15) is 0 Å². The van der Waals surface area contributed by atoms with Crippen molar-refractivity contribution in [2.75, 3.05) is 26.4 Å². The summed E-state index contributed by atoms with van der Waals surface area (Å²) in [5.74, 6) is 0.0732. The molecule has 0 aromatic carbocycles. The maximum Gasteiger partial charge on any atom is 0.136 e. The SMILES string of the molecule is CCOCCOCCCCCCC(C)C(=O)CCC(=O)CCC(=O)CCC(=O)CC. The van der Waals surface area contributed by atoms with Gasteiger partial charge in [-0.1, -0.05) is 33.1 Å². The van der Waals surface area contributed by atoms with Crippen molar-refractivity contribution in [2.24, 2.45) is 5.92 Å². The zero-order valence-corrected chi connectivity index (χ0v) is 19.3. The van der Waals surface area contributed by atoms with Crippen LogP contribution < -0.4 is 0 Å². The molecule has 1 unspecified atom stereocenters. The Kier molecular flexibility index (Phi) is 18.6. The summed E-state index contributed by atoms with van der Waals surface area (Å²) in [5, 5.41) is 0. The Morgan fingerprint density at radius 1 is 0.633 bits per heavy atom. The van der Waals surface area contributed by atoms with Crippen LogP contribution in [0, 0.1) is 5.92 Å². The van der Waals surface area contributed by atoms with E-state index in [0.29, 0.717) is 19.6 Å². The van der Waals surface area contributed by atoms with E-state index in [2.05, 4.69) is 0 Å². The van der Waals surface area contributed by atoms with Crippen molar-refractivity contribution in [1.29, 1.82) is 0 Å². The summed E-state index contributed by atoms with van der Waals surface area (Å²) in [6.45, 7) is 8.43. The van der Waals surface area contributed by atoms with Gasteiger partial charge < -0.3 is 9.47 Å². The van der Waals surface area contributed by atoms with Gasteiger partial charge in [-0.3, -0.25) is 19.2 Å². The summed E-state index contributed by atoms with van der Waals surface area (Å²) in [5.41, 5.74) is 0. The van der Waals surface area contributed by atoms with E-state index in [1.165, 1.54) is 0 Å². The Bertz CT molecular complexity index is 500. The molecule has 0 spiro atoms. The van der Waals surface area contributed by atoms with Gasteiger partial charge in [-0.05, 0) is 19.8 Å². The fourth-order valence-corrected chi connectivity index (χ4v) is 3.03. The first-order valence-electron chi connectivity index (χ1n) is 11.6. The lowest BCUT2D eigenvalue weighted by Crippen LogP contribution is -2.13. The Morgan fingerprint density at radius 3 is 1.77 bits per heavy atom. The zero-order valence-electron chi connectivity index (χ0n) is 19.3. The van der Waals surface area contributed by atoms with Gasteiger partial charge >= 0.3 is 0 Å². The minimum absolute atomic E-state index is 0.0260. The molecule has 0 aliphatic heterocycles. The lowest BCUT2D eigenvalue weighted by atomic mass is 9.94. The van der Waals surface area contributed by atoms with Crippen molar-refractivity contribution in [1.82, 2.24) is 0 Å². The first kappa shape index (κ1) is 28.6. The highest BCUT2D eigenvalue weighted by Gasteiger charge is 2.15. The normalized spacial score (nSPS) is 12.0. The lowest BCUT2D eigenvalue weighted by Gasteiger charge is -2.10. The average Bonchev–Trinajstić information content (AvgIpc) is 2.75. The van der Waals surface area contributed by atoms with E-state index in [-0.39, 0.29) is 67.6 Å². The van der Waals surface area contributed by atoms with Crippen LogP contribution in [0.2, 0.25) is 0 Å². The van der Waals surface area contributed by atoms with Crippen LogP contribution in [0.5, 0.6) is 0 Å². The lowest BCUT2D eigenvalue weighted by molar-refractivity contribution is -0.127. The van der Waals surface area contributed by atoms with Crippen LogP contribution in [0.1, 0.15) is 97.8 Å². The predicted molar refractivity (Wildman–Crippen MR) is 118 cm³/mol. The molecule has 0 aromatic heterocycles. The molecule has 0 N–H and O–H groups in total. The molecule has 6 nitrogen and oxygen atoms in total. The van der Waals surface area contributed by atoms with E-state index in [4.69, 9.17) is 9.47 Å². The molecule has 6 heteroatoms. The molecular formula is C24H42O6. The summed E-state index contributed by atoms with van der Waals surface area (Å²) in [4.78, 5) is 47.0. The summed E-state index contributed by atoms with van der Waals surface area (Å²) in [6, 6.07) is 0. The van der Waals surface area contributed by atoms with Crippen LogP contribution in [0.3, 0.4) is 0 Å². The van der Waals surface area contributed by atoms with Gasteiger partial charge in [0.1, 0.15) is 23.1 Å². The number of hydrogen-bond acceptors (Lipinski definition) is 6. The number of unbranched alkanes of at least 4 members (excludes halogenated alkanes) is 3. The summed E-state index contributed by atoms with van der Waals surface area (Å²) < 4.78 is 10.7. The first-order valence-corrected chi connectivity index (χ1v) is 11.6. The molecule has 0 aliphatic rings. The van der Waals surface area contributed by atoms with E-state index in [9.17, 15) is 19.2 Å². The molecule has 0 fully saturated rings. The van der Waals surface area contributed by atoms with E-state index >= 15 is 0 Å². The number of Topliss-reactive ketones (excluding diaryl/α,β-unsaturated/α-hetero) is 4. The third kappa shape index (κ3) is 17.5. The number of carbonyl (C=O) groups excluding carboxylic acids is 4. The van der Waals surface area contributed by atoms with Crippen LogP contribution >= 0.6 is 0 Å². The Labute approximate surface area is 182 Å². The fourth-order valence-electron chi connectivity index (χ4n) is 3.03. The largest absolute Gasteiger partial charge is 0.379 e.